The van der Waals surface area contributed by atoms with E-state index in [0.29, 0.717) is 0 Å². The first-order chi connectivity index (χ1) is 26.8. The molecule has 10 aromatic carbocycles. The summed E-state index contributed by atoms with van der Waals surface area (Å²) in [5, 5.41) is 14.1. The van der Waals surface area contributed by atoms with E-state index in [1.165, 1.54) is 65.3 Å². The third-order valence-corrected chi connectivity index (χ3v) is 11.4. The number of hydrogen-bond acceptors (Lipinski definition) is 2. The maximum Gasteiger partial charge on any atom is 0.143 e. The molecule has 0 unspecified atom stereocenters. The van der Waals surface area contributed by atoms with Crippen molar-refractivity contribution in [2.24, 2.45) is 0 Å². The molecule has 0 fully saturated rings. The van der Waals surface area contributed by atoms with Crippen LogP contribution in [0.3, 0.4) is 0 Å². The van der Waals surface area contributed by atoms with Gasteiger partial charge in [0.1, 0.15) is 22.3 Å². The highest BCUT2D eigenvalue weighted by molar-refractivity contribution is 6.29. The van der Waals surface area contributed by atoms with E-state index in [-0.39, 0.29) is 0 Å². The minimum absolute atomic E-state index is 0.888. The van der Waals surface area contributed by atoms with Crippen LogP contribution in [0.5, 0.6) is 0 Å². The Balaban J connectivity index is 1.24. The first-order valence-electron chi connectivity index (χ1n) is 18.5. The van der Waals surface area contributed by atoms with Crippen molar-refractivity contribution >= 4 is 87.0 Å². The van der Waals surface area contributed by atoms with Crippen molar-refractivity contribution in [1.82, 2.24) is 0 Å². The van der Waals surface area contributed by atoms with Gasteiger partial charge in [-0.3, -0.25) is 0 Å². The van der Waals surface area contributed by atoms with E-state index in [4.69, 9.17) is 8.83 Å². The lowest BCUT2D eigenvalue weighted by atomic mass is 9.83. The van der Waals surface area contributed by atoms with E-state index in [0.717, 1.165) is 55.0 Å². The average Bonchev–Trinajstić information content (AvgIpc) is 3.79. The van der Waals surface area contributed by atoms with Crippen LogP contribution < -0.4 is 0 Å². The van der Waals surface area contributed by atoms with Crippen molar-refractivity contribution < 1.29 is 8.83 Å². The number of fused-ring (bicyclic) bond motifs is 10. The SMILES string of the molecule is c1ccc2cc(-c3ccc4c(-c5c6ccccc6cc6c5oc5ccccc56)c5ccccc5c(-c5ccc6c(c5)oc5ccccc56)c4c3)ccc2c1. The second-order valence-electron chi connectivity index (χ2n) is 14.4. The largest absolute Gasteiger partial charge is 0.456 e. The molecule has 0 atom stereocenters. The maximum absolute atomic E-state index is 6.86. The van der Waals surface area contributed by atoms with E-state index in [1.807, 2.05) is 12.1 Å². The topological polar surface area (TPSA) is 26.3 Å². The molecule has 2 aromatic heterocycles. The molecule has 0 spiro atoms. The van der Waals surface area contributed by atoms with Crippen molar-refractivity contribution in [3.63, 3.8) is 0 Å². The van der Waals surface area contributed by atoms with Crippen LogP contribution in [0.2, 0.25) is 0 Å². The first-order valence-corrected chi connectivity index (χ1v) is 18.5. The van der Waals surface area contributed by atoms with Gasteiger partial charge in [-0.1, -0.05) is 140 Å². The number of furan rings is 2. The molecule has 0 N–H and O–H groups in total. The summed E-state index contributed by atoms with van der Waals surface area (Å²) in [6, 6.07) is 65.7. The summed E-state index contributed by atoms with van der Waals surface area (Å²) in [5.74, 6) is 0. The molecular weight excluding hydrogens is 657 g/mol. The Kier molecular flexibility index (Phi) is 6.09. The van der Waals surface area contributed by atoms with Crippen LogP contribution in [-0.2, 0) is 0 Å². The van der Waals surface area contributed by atoms with Crippen LogP contribution >= 0.6 is 0 Å². The van der Waals surface area contributed by atoms with Gasteiger partial charge in [-0.2, -0.15) is 0 Å². The fourth-order valence-electron chi connectivity index (χ4n) is 8.96. The average molecular weight is 687 g/mol. The van der Waals surface area contributed by atoms with Gasteiger partial charge in [-0.05, 0) is 108 Å². The molecule has 0 aliphatic heterocycles. The zero-order valence-electron chi connectivity index (χ0n) is 29.1. The van der Waals surface area contributed by atoms with E-state index >= 15 is 0 Å². The molecule has 0 aliphatic rings. The summed E-state index contributed by atoms with van der Waals surface area (Å²) in [5.41, 5.74) is 10.6. The van der Waals surface area contributed by atoms with E-state index in [2.05, 4.69) is 170 Å². The normalized spacial score (nSPS) is 12.1. The molecule has 54 heavy (non-hydrogen) atoms. The quantitative estimate of drug-likeness (QED) is 0.173. The lowest BCUT2D eigenvalue weighted by Crippen LogP contribution is -1.93. The van der Waals surface area contributed by atoms with Crippen molar-refractivity contribution in [2.75, 3.05) is 0 Å². The summed E-state index contributed by atoms with van der Waals surface area (Å²) in [4.78, 5) is 0. The van der Waals surface area contributed by atoms with Crippen molar-refractivity contribution in [3.8, 4) is 33.4 Å². The lowest BCUT2D eigenvalue weighted by molar-refractivity contribution is 0.669. The van der Waals surface area contributed by atoms with Gasteiger partial charge in [0.2, 0.25) is 0 Å². The highest BCUT2D eigenvalue weighted by Gasteiger charge is 2.23. The van der Waals surface area contributed by atoms with Crippen molar-refractivity contribution in [2.45, 2.75) is 0 Å². The molecule has 0 amide bonds. The predicted octanol–water partition coefficient (Wildman–Crippen LogP) is 15.1. The highest BCUT2D eigenvalue weighted by Crippen LogP contribution is 2.50. The minimum Gasteiger partial charge on any atom is -0.456 e. The zero-order valence-corrected chi connectivity index (χ0v) is 29.1. The van der Waals surface area contributed by atoms with Crippen molar-refractivity contribution in [1.29, 1.82) is 0 Å². The fraction of sp³-hybridized carbons (Fsp3) is 0. The van der Waals surface area contributed by atoms with Crippen LogP contribution in [0.1, 0.15) is 0 Å². The van der Waals surface area contributed by atoms with E-state index < -0.39 is 0 Å². The van der Waals surface area contributed by atoms with Crippen LogP contribution in [0.4, 0.5) is 0 Å². The Labute approximate surface area is 310 Å². The predicted molar refractivity (Wildman–Crippen MR) is 227 cm³/mol. The summed E-state index contributed by atoms with van der Waals surface area (Å²) < 4.78 is 13.3. The highest BCUT2D eigenvalue weighted by atomic mass is 16.3. The number of para-hydroxylation sites is 2. The first kappa shape index (κ1) is 29.4. The Morgan fingerprint density at radius 1 is 0.241 bits per heavy atom. The van der Waals surface area contributed by atoms with E-state index in [1.54, 1.807) is 0 Å². The molecule has 12 aromatic rings. The molecule has 0 bridgehead atoms. The molecule has 2 heterocycles. The number of rotatable bonds is 3. The third kappa shape index (κ3) is 4.22. The third-order valence-electron chi connectivity index (χ3n) is 11.4. The van der Waals surface area contributed by atoms with Gasteiger partial charge < -0.3 is 8.83 Å². The van der Waals surface area contributed by atoms with E-state index in [9.17, 15) is 0 Å². The van der Waals surface area contributed by atoms with Gasteiger partial charge >= 0.3 is 0 Å². The van der Waals surface area contributed by atoms with Crippen molar-refractivity contribution in [3.05, 3.63) is 182 Å². The maximum atomic E-state index is 6.86. The van der Waals surface area contributed by atoms with Gasteiger partial charge in [0, 0.05) is 32.7 Å². The summed E-state index contributed by atoms with van der Waals surface area (Å²) in [6.45, 7) is 0. The van der Waals surface area contributed by atoms with Gasteiger partial charge in [0.15, 0.2) is 0 Å². The van der Waals surface area contributed by atoms with Crippen LogP contribution in [0.25, 0.3) is 120 Å². The minimum atomic E-state index is 0.888. The number of benzene rings is 10. The molecule has 0 aliphatic carbocycles. The second-order valence-corrected chi connectivity index (χ2v) is 14.4. The Bertz CT molecular complexity index is 3510. The van der Waals surface area contributed by atoms with Gasteiger partial charge in [0.25, 0.3) is 0 Å². The monoisotopic (exact) mass is 686 g/mol. The van der Waals surface area contributed by atoms with Gasteiger partial charge in [-0.25, -0.2) is 0 Å². The zero-order chi connectivity index (χ0) is 35.3. The summed E-state index contributed by atoms with van der Waals surface area (Å²) in [6.07, 6.45) is 0. The molecule has 2 heteroatoms. The Hall–Kier alpha value is -7.16. The number of hydrogen-bond donors (Lipinski definition) is 0. The van der Waals surface area contributed by atoms with Gasteiger partial charge in [-0.15, -0.1) is 0 Å². The standard InChI is InChI=1S/C52H30O2/c1-2-12-32-27-33(22-21-31(32)11-1)34-23-26-43-44(28-34)49(36-24-25-40-38-15-7-9-19-46(38)53-48(40)30-36)41-17-5-6-18-42(41)50(43)51-37-14-4-3-13-35(37)29-45-39-16-8-10-20-47(39)54-52(45)51/h1-30H. The van der Waals surface area contributed by atoms with Crippen LogP contribution in [-0.4, -0.2) is 0 Å². The molecular formula is C52H30O2. The molecule has 0 radical (unpaired) electrons. The smallest absolute Gasteiger partial charge is 0.143 e. The molecule has 250 valence electrons. The molecule has 12 rings (SSSR count). The van der Waals surface area contributed by atoms with Gasteiger partial charge in [0.05, 0.1) is 0 Å². The molecule has 0 saturated heterocycles. The Morgan fingerprint density at radius 2 is 0.778 bits per heavy atom. The summed E-state index contributed by atoms with van der Waals surface area (Å²) in [7, 11) is 0. The molecule has 2 nitrogen and oxygen atoms in total. The Morgan fingerprint density at radius 3 is 1.59 bits per heavy atom. The van der Waals surface area contributed by atoms with Crippen LogP contribution in [0, 0.1) is 0 Å². The lowest BCUT2D eigenvalue weighted by Gasteiger charge is -2.20. The fourth-order valence-corrected chi connectivity index (χ4v) is 8.96. The second kappa shape index (κ2) is 11.2. The molecule has 0 saturated carbocycles. The summed E-state index contributed by atoms with van der Waals surface area (Å²) >= 11 is 0. The van der Waals surface area contributed by atoms with Crippen LogP contribution in [0.15, 0.2) is 191 Å².